The van der Waals surface area contributed by atoms with Gasteiger partial charge in [0.15, 0.2) is 6.10 Å². The molecule has 0 radical (unpaired) electrons. The number of ether oxygens (including phenoxy) is 1. The first kappa shape index (κ1) is 17.9. The summed E-state index contributed by atoms with van der Waals surface area (Å²) in [5.74, 6) is 1.53. The van der Waals surface area contributed by atoms with Crippen molar-refractivity contribution in [2.75, 3.05) is 17.1 Å². The zero-order chi connectivity index (χ0) is 18.5. The van der Waals surface area contributed by atoms with E-state index in [4.69, 9.17) is 16.3 Å². The second-order valence-electron chi connectivity index (χ2n) is 7.63. The minimum atomic E-state index is -3.49. The van der Waals surface area contributed by atoms with E-state index in [0.717, 1.165) is 18.6 Å². The van der Waals surface area contributed by atoms with Crippen LogP contribution >= 0.6 is 11.6 Å². The summed E-state index contributed by atoms with van der Waals surface area (Å²) < 4.78 is 31.5. The highest BCUT2D eigenvalue weighted by Gasteiger charge is 2.41. The van der Waals surface area contributed by atoms with E-state index in [1.54, 1.807) is 18.2 Å². The minimum absolute atomic E-state index is 0.154. The first-order chi connectivity index (χ1) is 12.3. The van der Waals surface area contributed by atoms with Gasteiger partial charge in [0.05, 0.1) is 11.9 Å². The fraction of sp³-hybridized carbons (Fsp3) is 0.611. The van der Waals surface area contributed by atoms with Crippen molar-refractivity contribution in [2.45, 2.75) is 44.2 Å². The van der Waals surface area contributed by atoms with E-state index < -0.39 is 16.1 Å². The quantitative estimate of drug-likeness (QED) is 0.849. The van der Waals surface area contributed by atoms with E-state index in [2.05, 4.69) is 5.32 Å². The Morgan fingerprint density at radius 1 is 1.27 bits per heavy atom. The Kier molecular flexibility index (Phi) is 4.55. The van der Waals surface area contributed by atoms with Gasteiger partial charge in [0, 0.05) is 24.0 Å². The number of rotatable bonds is 3. The van der Waals surface area contributed by atoms with Gasteiger partial charge in [-0.1, -0.05) is 18.0 Å². The first-order valence-electron chi connectivity index (χ1n) is 9.05. The molecule has 2 saturated carbocycles. The highest BCUT2D eigenvalue weighted by Crippen LogP contribution is 2.44. The van der Waals surface area contributed by atoms with Crippen LogP contribution in [-0.2, 0) is 14.8 Å². The maximum atomic E-state index is 12.8. The van der Waals surface area contributed by atoms with E-state index in [-0.39, 0.29) is 18.5 Å². The number of sulfonamides is 1. The molecule has 1 N–H and O–H groups in total. The molecule has 0 spiro atoms. The molecule has 1 amide bonds. The Morgan fingerprint density at radius 2 is 2.08 bits per heavy atom. The maximum Gasteiger partial charge on any atom is 0.261 e. The van der Waals surface area contributed by atoms with Gasteiger partial charge in [-0.2, -0.15) is 0 Å². The van der Waals surface area contributed by atoms with E-state index in [9.17, 15) is 13.2 Å². The number of hydrogen-bond donors (Lipinski definition) is 1. The zero-order valence-corrected chi connectivity index (χ0v) is 16.2. The van der Waals surface area contributed by atoms with Crippen molar-refractivity contribution >= 4 is 33.2 Å². The van der Waals surface area contributed by atoms with Gasteiger partial charge in [-0.25, -0.2) is 8.42 Å². The number of carbonyl (C=O) groups is 1. The van der Waals surface area contributed by atoms with Crippen molar-refractivity contribution in [3.05, 3.63) is 23.2 Å². The van der Waals surface area contributed by atoms with Crippen LogP contribution < -0.4 is 14.4 Å². The molecule has 2 bridgehead atoms. The Hall–Kier alpha value is -1.47. The maximum absolute atomic E-state index is 12.8. The molecule has 8 heteroatoms. The number of anilines is 1. The highest BCUT2D eigenvalue weighted by molar-refractivity contribution is 7.92. The largest absolute Gasteiger partial charge is 0.478 e. The van der Waals surface area contributed by atoms with Gasteiger partial charge in [0.2, 0.25) is 10.0 Å². The predicted molar refractivity (Wildman–Crippen MR) is 100 cm³/mol. The number of nitrogens with zero attached hydrogens (tertiary/aromatic N) is 1. The molecular weight excluding hydrogens is 376 g/mol. The number of nitrogens with one attached hydrogen (secondary N) is 1. The van der Waals surface area contributed by atoms with Crippen LogP contribution in [0.15, 0.2) is 18.2 Å². The third-order valence-corrected chi connectivity index (χ3v) is 7.23. The standard InChI is InChI=1S/C18H23ClN2O4S/c1-26(23,24)21-7-6-17(25-16-5-4-13(19)10-15(16)21)18(22)20-14-9-11-2-3-12(14)8-11/h4-5,10-12,14,17H,2-3,6-9H2,1H3,(H,20,22)/t11-,12-,14+,17-/m0/s1. The summed E-state index contributed by atoms with van der Waals surface area (Å²) in [6.07, 6.45) is 5.45. The lowest BCUT2D eigenvalue weighted by molar-refractivity contribution is -0.129. The number of carbonyl (C=O) groups excluding carboxylic acids is 1. The van der Waals surface area contributed by atoms with Crippen LogP contribution in [0, 0.1) is 11.8 Å². The summed E-state index contributed by atoms with van der Waals surface area (Å²) in [5, 5.41) is 3.57. The molecular formula is C18H23ClN2O4S. The average molecular weight is 399 g/mol. The zero-order valence-electron chi connectivity index (χ0n) is 14.7. The Balaban J connectivity index is 1.54. The van der Waals surface area contributed by atoms with Gasteiger partial charge in [-0.05, 0) is 49.3 Å². The molecule has 1 aliphatic heterocycles. The number of fused-ring (bicyclic) bond motifs is 3. The Labute approximate surface area is 158 Å². The third-order valence-electron chi connectivity index (χ3n) is 5.81. The van der Waals surface area contributed by atoms with Gasteiger partial charge in [-0.3, -0.25) is 9.10 Å². The first-order valence-corrected chi connectivity index (χ1v) is 11.3. The van der Waals surface area contributed by atoms with Crippen molar-refractivity contribution in [3.63, 3.8) is 0 Å². The van der Waals surface area contributed by atoms with Crippen LogP contribution in [-0.4, -0.2) is 39.3 Å². The van der Waals surface area contributed by atoms with Crippen molar-refractivity contribution < 1.29 is 17.9 Å². The third kappa shape index (κ3) is 3.39. The lowest BCUT2D eigenvalue weighted by Gasteiger charge is -2.25. The second kappa shape index (κ2) is 6.60. The molecule has 3 aliphatic rings. The van der Waals surface area contributed by atoms with Gasteiger partial charge in [-0.15, -0.1) is 0 Å². The smallest absolute Gasteiger partial charge is 0.261 e. The molecule has 1 aromatic rings. The lowest BCUT2D eigenvalue weighted by Crippen LogP contribution is -2.46. The van der Waals surface area contributed by atoms with Crippen LogP contribution in [0.5, 0.6) is 5.75 Å². The Bertz CT molecular complexity index is 828. The number of halogens is 1. The lowest BCUT2D eigenvalue weighted by atomic mass is 9.95. The minimum Gasteiger partial charge on any atom is -0.478 e. The van der Waals surface area contributed by atoms with Crippen molar-refractivity contribution in [1.82, 2.24) is 5.32 Å². The SMILES string of the molecule is CS(=O)(=O)N1CC[C@@H](C(=O)N[C@@H]2C[C@H]3CC[C@H]2C3)Oc2ccc(Cl)cc21. The fourth-order valence-corrected chi connectivity index (χ4v) is 5.68. The number of hydrogen-bond acceptors (Lipinski definition) is 4. The summed E-state index contributed by atoms with van der Waals surface area (Å²) in [6, 6.07) is 5.05. The summed E-state index contributed by atoms with van der Waals surface area (Å²) in [6.45, 7) is 0.182. The van der Waals surface area contributed by atoms with Gasteiger partial charge in [0.25, 0.3) is 5.91 Å². The van der Waals surface area contributed by atoms with E-state index in [1.165, 1.54) is 23.6 Å². The number of amides is 1. The molecule has 1 aromatic carbocycles. The number of benzene rings is 1. The topological polar surface area (TPSA) is 75.7 Å². The normalized spacial score (nSPS) is 30.5. The molecule has 6 nitrogen and oxygen atoms in total. The molecule has 142 valence electrons. The molecule has 2 fully saturated rings. The van der Waals surface area contributed by atoms with Crippen molar-refractivity contribution in [3.8, 4) is 5.75 Å². The summed E-state index contributed by atoms with van der Waals surface area (Å²) in [5.41, 5.74) is 0.384. The average Bonchev–Trinajstić information content (AvgIpc) is 3.11. The molecule has 4 rings (SSSR count). The van der Waals surface area contributed by atoms with Crippen molar-refractivity contribution in [1.29, 1.82) is 0 Å². The van der Waals surface area contributed by atoms with Crippen LogP contribution in [0.25, 0.3) is 0 Å². The Morgan fingerprint density at radius 3 is 2.73 bits per heavy atom. The van der Waals surface area contributed by atoms with Crippen LogP contribution in [0.3, 0.4) is 0 Å². The molecule has 26 heavy (non-hydrogen) atoms. The fourth-order valence-electron chi connectivity index (χ4n) is 4.58. The van der Waals surface area contributed by atoms with E-state index >= 15 is 0 Å². The summed E-state index contributed by atoms with van der Waals surface area (Å²) in [4.78, 5) is 12.8. The van der Waals surface area contributed by atoms with Gasteiger partial charge in [0.1, 0.15) is 5.75 Å². The van der Waals surface area contributed by atoms with Crippen molar-refractivity contribution in [2.24, 2.45) is 11.8 Å². The van der Waals surface area contributed by atoms with Crippen LogP contribution in [0.2, 0.25) is 5.02 Å². The van der Waals surface area contributed by atoms with Gasteiger partial charge < -0.3 is 10.1 Å². The molecule has 4 atom stereocenters. The van der Waals surface area contributed by atoms with Gasteiger partial charge >= 0.3 is 0 Å². The highest BCUT2D eigenvalue weighted by atomic mass is 35.5. The second-order valence-corrected chi connectivity index (χ2v) is 9.98. The summed E-state index contributed by atoms with van der Waals surface area (Å²) in [7, 11) is -3.49. The summed E-state index contributed by atoms with van der Waals surface area (Å²) >= 11 is 6.04. The van der Waals surface area contributed by atoms with E-state index in [0.29, 0.717) is 28.8 Å². The molecule has 0 aromatic heterocycles. The van der Waals surface area contributed by atoms with Crippen LogP contribution in [0.1, 0.15) is 32.1 Å². The molecule has 2 aliphatic carbocycles. The van der Waals surface area contributed by atoms with Crippen LogP contribution in [0.4, 0.5) is 5.69 Å². The molecule has 0 unspecified atom stereocenters. The predicted octanol–water partition coefficient (Wildman–Crippen LogP) is 2.56. The monoisotopic (exact) mass is 398 g/mol. The molecule has 1 heterocycles. The molecule has 0 saturated heterocycles. The van der Waals surface area contributed by atoms with E-state index in [1.807, 2.05) is 0 Å².